The third-order valence-electron chi connectivity index (χ3n) is 2.05. The van der Waals surface area contributed by atoms with Gasteiger partial charge in [0.25, 0.3) is 0 Å². The standard InChI is InChI=1S/C12H16FNO/c1-3-4-7-15-12-6-5-10(9(2)14)8-11(12)13/h3-6,8-9H,7,14H2,1-2H3/b4-3+. The first-order chi connectivity index (χ1) is 7.15. The molecule has 1 atom stereocenters. The maximum Gasteiger partial charge on any atom is 0.165 e. The van der Waals surface area contributed by atoms with Gasteiger partial charge in [0.2, 0.25) is 0 Å². The number of halogens is 1. The predicted molar refractivity (Wildman–Crippen MR) is 59.3 cm³/mol. The number of hydrogen-bond donors (Lipinski definition) is 1. The van der Waals surface area contributed by atoms with Crippen molar-refractivity contribution < 1.29 is 9.13 Å². The second-order valence-corrected chi connectivity index (χ2v) is 3.36. The van der Waals surface area contributed by atoms with Crippen LogP contribution >= 0.6 is 0 Å². The van der Waals surface area contributed by atoms with Gasteiger partial charge in [0.15, 0.2) is 11.6 Å². The van der Waals surface area contributed by atoms with E-state index in [1.807, 2.05) is 26.0 Å². The zero-order chi connectivity index (χ0) is 11.3. The Labute approximate surface area is 89.6 Å². The Morgan fingerprint density at radius 1 is 1.53 bits per heavy atom. The first-order valence-corrected chi connectivity index (χ1v) is 4.94. The summed E-state index contributed by atoms with van der Waals surface area (Å²) in [5.74, 6) is -0.105. The molecule has 0 amide bonds. The van der Waals surface area contributed by atoms with Crippen LogP contribution in [0.1, 0.15) is 25.5 Å². The first-order valence-electron chi connectivity index (χ1n) is 4.94. The van der Waals surface area contributed by atoms with Gasteiger partial charge in [-0.2, -0.15) is 0 Å². The van der Waals surface area contributed by atoms with Gasteiger partial charge in [-0.1, -0.05) is 18.2 Å². The minimum absolute atomic E-state index is 0.163. The second kappa shape index (κ2) is 5.51. The summed E-state index contributed by atoms with van der Waals surface area (Å²) in [6.07, 6.45) is 3.67. The Bertz CT molecular complexity index is 347. The minimum Gasteiger partial charge on any atom is -0.486 e. The molecular formula is C12H16FNO. The molecule has 0 spiro atoms. The lowest BCUT2D eigenvalue weighted by atomic mass is 10.1. The fourth-order valence-electron chi connectivity index (χ4n) is 1.15. The summed E-state index contributed by atoms with van der Waals surface area (Å²) >= 11 is 0. The van der Waals surface area contributed by atoms with Crippen molar-refractivity contribution in [2.75, 3.05) is 6.61 Å². The lowest BCUT2D eigenvalue weighted by Crippen LogP contribution is -2.05. The third kappa shape index (κ3) is 3.36. The maximum atomic E-state index is 13.4. The van der Waals surface area contributed by atoms with Crippen LogP contribution in [0.2, 0.25) is 0 Å². The van der Waals surface area contributed by atoms with E-state index in [4.69, 9.17) is 10.5 Å². The smallest absolute Gasteiger partial charge is 0.165 e. The molecule has 0 aliphatic rings. The van der Waals surface area contributed by atoms with Crippen molar-refractivity contribution in [2.45, 2.75) is 19.9 Å². The molecule has 0 saturated heterocycles. The summed E-state index contributed by atoms with van der Waals surface area (Å²) in [6, 6.07) is 4.63. The molecule has 0 aliphatic heterocycles. The summed E-state index contributed by atoms with van der Waals surface area (Å²) in [5.41, 5.74) is 6.41. The number of allylic oxidation sites excluding steroid dienone is 1. The number of benzene rings is 1. The van der Waals surface area contributed by atoms with Gasteiger partial charge in [0, 0.05) is 6.04 Å². The van der Waals surface area contributed by atoms with Crippen LogP contribution in [0.5, 0.6) is 5.75 Å². The lowest BCUT2D eigenvalue weighted by molar-refractivity contribution is 0.341. The molecule has 1 unspecified atom stereocenters. The quantitative estimate of drug-likeness (QED) is 0.774. The highest BCUT2D eigenvalue weighted by Gasteiger charge is 2.06. The Morgan fingerprint density at radius 3 is 2.80 bits per heavy atom. The van der Waals surface area contributed by atoms with Gasteiger partial charge in [-0.25, -0.2) is 4.39 Å². The molecule has 0 fully saturated rings. The van der Waals surface area contributed by atoms with Gasteiger partial charge in [0.1, 0.15) is 6.61 Å². The fourth-order valence-corrected chi connectivity index (χ4v) is 1.15. The predicted octanol–water partition coefficient (Wildman–Crippen LogP) is 2.80. The number of rotatable bonds is 4. The van der Waals surface area contributed by atoms with Crippen molar-refractivity contribution in [3.05, 3.63) is 41.7 Å². The summed E-state index contributed by atoms with van der Waals surface area (Å²) in [7, 11) is 0. The van der Waals surface area contributed by atoms with Gasteiger partial charge in [-0.05, 0) is 31.5 Å². The zero-order valence-electron chi connectivity index (χ0n) is 9.03. The largest absolute Gasteiger partial charge is 0.486 e. The topological polar surface area (TPSA) is 35.2 Å². The molecule has 2 nitrogen and oxygen atoms in total. The van der Waals surface area contributed by atoms with Crippen LogP contribution in [0.25, 0.3) is 0 Å². The van der Waals surface area contributed by atoms with Crippen LogP contribution < -0.4 is 10.5 Å². The molecule has 1 aromatic carbocycles. The van der Waals surface area contributed by atoms with Crippen LogP contribution in [0.4, 0.5) is 4.39 Å². The highest BCUT2D eigenvalue weighted by molar-refractivity contribution is 5.30. The van der Waals surface area contributed by atoms with Crippen molar-refractivity contribution in [1.82, 2.24) is 0 Å². The van der Waals surface area contributed by atoms with Gasteiger partial charge in [-0.3, -0.25) is 0 Å². The van der Waals surface area contributed by atoms with Gasteiger partial charge < -0.3 is 10.5 Å². The lowest BCUT2D eigenvalue weighted by Gasteiger charge is -2.09. The van der Waals surface area contributed by atoms with E-state index in [9.17, 15) is 4.39 Å². The average molecular weight is 209 g/mol. The SMILES string of the molecule is C/C=C/COc1ccc(C(C)N)cc1F. The zero-order valence-corrected chi connectivity index (χ0v) is 9.03. The molecule has 0 aromatic heterocycles. The number of nitrogens with two attached hydrogens (primary N) is 1. The average Bonchev–Trinajstić information content (AvgIpc) is 2.20. The summed E-state index contributed by atoms with van der Waals surface area (Å²) < 4.78 is 18.6. The Kier molecular flexibility index (Phi) is 4.31. The minimum atomic E-state index is -0.366. The van der Waals surface area contributed by atoms with E-state index in [-0.39, 0.29) is 17.6 Å². The van der Waals surface area contributed by atoms with Crippen molar-refractivity contribution in [1.29, 1.82) is 0 Å². The molecule has 0 heterocycles. The molecule has 1 aromatic rings. The highest BCUT2D eigenvalue weighted by Crippen LogP contribution is 2.20. The summed E-state index contributed by atoms with van der Waals surface area (Å²) in [6.45, 7) is 4.08. The number of ether oxygens (including phenoxy) is 1. The van der Waals surface area contributed by atoms with E-state index in [1.165, 1.54) is 6.07 Å². The second-order valence-electron chi connectivity index (χ2n) is 3.36. The fraction of sp³-hybridized carbons (Fsp3) is 0.333. The van der Waals surface area contributed by atoms with E-state index in [1.54, 1.807) is 12.1 Å². The van der Waals surface area contributed by atoms with E-state index < -0.39 is 0 Å². The number of hydrogen-bond acceptors (Lipinski definition) is 2. The maximum absolute atomic E-state index is 13.4. The monoisotopic (exact) mass is 209 g/mol. The van der Waals surface area contributed by atoms with Crippen molar-refractivity contribution >= 4 is 0 Å². The van der Waals surface area contributed by atoms with Crippen LogP contribution in [-0.2, 0) is 0 Å². The third-order valence-corrected chi connectivity index (χ3v) is 2.05. The molecule has 15 heavy (non-hydrogen) atoms. The van der Waals surface area contributed by atoms with E-state index >= 15 is 0 Å². The highest BCUT2D eigenvalue weighted by atomic mass is 19.1. The molecule has 2 N–H and O–H groups in total. The van der Waals surface area contributed by atoms with Gasteiger partial charge in [-0.15, -0.1) is 0 Å². The van der Waals surface area contributed by atoms with Crippen LogP contribution in [-0.4, -0.2) is 6.61 Å². The molecule has 3 heteroatoms. The van der Waals surface area contributed by atoms with Gasteiger partial charge in [0.05, 0.1) is 0 Å². The molecule has 0 saturated carbocycles. The molecular weight excluding hydrogens is 193 g/mol. The van der Waals surface area contributed by atoms with Crippen molar-refractivity contribution in [2.24, 2.45) is 5.73 Å². The summed E-state index contributed by atoms with van der Waals surface area (Å²) in [4.78, 5) is 0. The molecule has 0 aliphatic carbocycles. The van der Waals surface area contributed by atoms with E-state index in [0.29, 0.717) is 6.61 Å². The van der Waals surface area contributed by atoms with E-state index in [2.05, 4.69) is 0 Å². The van der Waals surface area contributed by atoms with Crippen molar-refractivity contribution in [3.63, 3.8) is 0 Å². The molecule has 0 radical (unpaired) electrons. The molecule has 1 rings (SSSR count). The van der Waals surface area contributed by atoms with Crippen molar-refractivity contribution in [3.8, 4) is 5.75 Å². The summed E-state index contributed by atoms with van der Waals surface area (Å²) in [5, 5.41) is 0. The Balaban J connectivity index is 2.74. The normalized spacial score (nSPS) is 13.1. The van der Waals surface area contributed by atoms with Gasteiger partial charge >= 0.3 is 0 Å². The Morgan fingerprint density at radius 2 is 2.27 bits per heavy atom. The Hall–Kier alpha value is -1.35. The first kappa shape index (κ1) is 11.7. The molecule has 82 valence electrons. The van der Waals surface area contributed by atoms with Crippen LogP contribution in [0.3, 0.4) is 0 Å². The van der Waals surface area contributed by atoms with Crippen LogP contribution in [0, 0.1) is 5.82 Å². The van der Waals surface area contributed by atoms with E-state index in [0.717, 1.165) is 5.56 Å². The van der Waals surface area contributed by atoms with Crippen LogP contribution in [0.15, 0.2) is 30.4 Å². The molecule has 0 bridgehead atoms.